The van der Waals surface area contributed by atoms with Crippen LogP contribution in [0.2, 0.25) is 0 Å². The van der Waals surface area contributed by atoms with E-state index < -0.39 is 0 Å². The molecule has 1 aromatic rings. The Labute approximate surface area is 101 Å². The number of carbonyl (C=O) groups excluding carboxylic acids is 2. The lowest BCUT2D eigenvalue weighted by molar-refractivity contribution is 0.0787. The quantitative estimate of drug-likeness (QED) is 0.760. The Morgan fingerprint density at radius 2 is 2.12 bits per heavy atom. The van der Waals surface area contributed by atoms with E-state index >= 15 is 0 Å². The van der Waals surface area contributed by atoms with Gasteiger partial charge < -0.3 is 14.8 Å². The van der Waals surface area contributed by atoms with E-state index in [1.165, 1.54) is 6.92 Å². The second-order valence-corrected chi connectivity index (χ2v) is 4.11. The van der Waals surface area contributed by atoms with Gasteiger partial charge in [-0.2, -0.15) is 0 Å². The number of aromatic nitrogens is 1. The summed E-state index contributed by atoms with van der Waals surface area (Å²) in [6.07, 6.45) is 1.68. The van der Waals surface area contributed by atoms with Crippen LogP contribution in [0.25, 0.3) is 0 Å². The fourth-order valence-electron chi connectivity index (χ4n) is 1.55. The van der Waals surface area contributed by atoms with Crippen LogP contribution in [-0.4, -0.2) is 48.3 Å². The first-order valence-corrected chi connectivity index (χ1v) is 5.54. The first-order valence-electron chi connectivity index (χ1n) is 5.54. The number of carbonyl (C=O) groups is 2. The molecule has 0 saturated heterocycles. The summed E-state index contributed by atoms with van der Waals surface area (Å²) in [4.78, 5) is 24.9. The van der Waals surface area contributed by atoms with Crippen molar-refractivity contribution in [2.75, 3.05) is 27.2 Å². The van der Waals surface area contributed by atoms with Crippen molar-refractivity contribution < 1.29 is 9.59 Å². The van der Waals surface area contributed by atoms with Crippen LogP contribution in [0.5, 0.6) is 0 Å². The molecule has 0 fully saturated rings. The van der Waals surface area contributed by atoms with Crippen molar-refractivity contribution >= 4 is 11.7 Å². The highest BCUT2D eigenvalue weighted by molar-refractivity contribution is 5.99. The Balaban J connectivity index is 2.85. The van der Waals surface area contributed by atoms with Crippen molar-refractivity contribution in [3.63, 3.8) is 0 Å². The summed E-state index contributed by atoms with van der Waals surface area (Å²) in [6.45, 7) is 2.87. The normalized spacial score (nSPS) is 10.4. The largest absolute Gasteiger partial charge is 0.346 e. The van der Waals surface area contributed by atoms with Gasteiger partial charge in [0.1, 0.15) is 5.69 Å². The molecule has 1 N–H and O–H groups in total. The van der Waals surface area contributed by atoms with Crippen LogP contribution in [0, 0.1) is 0 Å². The number of amides is 1. The third kappa shape index (κ3) is 3.17. The van der Waals surface area contributed by atoms with Gasteiger partial charge in [-0.15, -0.1) is 0 Å². The molecule has 0 saturated carbocycles. The summed E-state index contributed by atoms with van der Waals surface area (Å²) < 4.78 is 1.69. The van der Waals surface area contributed by atoms with E-state index in [0.717, 1.165) is 6.54 Å². The molecule has 0 bridgehead atoms. The molecule has 1 aromatic heterocycles. The number of rotatable bonds is 5. The number of aryl methyl sites for hydroxylation is 1. The zero-order valence-electron chi connectivity index (χ0n) is 10.8. The average molecular weight is 237 g/mol. The van der Waals surface area contributed by atoms with Crippen LogP contribution < -0.4 is 5.32 Å². The monoisotopic (exact) mass is 237 g/mol. The number of nitrogens with one attached hydrogen (secondary N) is 1. The van der Waals surface area contributed by atoms with Gasteiger partial charge in [0.2, 0.25) is 0 Å². The van der Waals surface area contributed by atoms with Crippen molar-refractivity contribution in [1.82, 2.24) is 14.8 Å². The van der Waals surface area contributed by atoms with Crippen molar-refractivity contribution in [3.8, 4) is 0 Å². The van der Waals surface area contributed by atoms with Crippen LogP contribution in [0.3, 0.4) is 0 Å². The van der Waals surface area contributed by atoms with Gasteiger partial charge in [0, 0.05) is 38.9 Å². The molecule has 5 nitrogen and oxygen atoms in total. The van der Waals surface area contributed by atoms with Gasteiger partial charge in [-0.3, -0.25) is 9.59 Å². The molecule has 0 radical (unpaired) electrons. The van der Waals surface area contributed by atoms with E-state index in [4.69, 9.17) is 0 Å². The maximum Gasteiger partial charge on any atom is 0.270 e. The van der Waals surface area contributed by atoms with Gasteiger partial charge in [-0.1, -0.05) is 0 Å². The van der Waals surface area contributed by atoms with Crippen molar-refractivity contribution in [3.05, 3.63) is 23.5 Å². The lowest BCUT2D eigenvalue weighted by Gasteiger charge is -2.16. The Bertz CT molecular complexity index is 423. The van der Waals surface area contributed by atoms with Crippen molar-refractivity contribution in [2.24, 2.45) is 7.05 Å². The van der Waals surface area contributed by atoms with E-state index in [2.05, 4.69) is 5.32 Å². The highest BCUT2D eigenvalue weighted by Gasteiger charge is 2.16. The van der Waals surface area contributed by atoms with Crippen LogP contribution in [0.1, 0.15) is 27.8 Å². The van der Waals surface area contributed by atoms with E-state index in [-0.39, 0.29) is 11.7 Å². The first-order chi connectivity index (χ1) is 7.97. The van der Waals surface area contributed by atoms with Gasteiger partial charge in [0.05, 0.1) is 0 Å². The third-order valence-corrected chi connectivity index (χ3v) is 2.67. The Morgan fingerprint density at radius 3 is 2.59 bits per heavy atom. The fraction of sp³-hybridized carbons (Fsp3) is 0.500. The lowest BCUT2D eigenvalue weighted by atomic mass is 10.2. The molecular formula is C12H19N3O2. The molecule has 0 aliphatic carbocycles. The molecule has 1 amide bonds. The van der Waals surface area contributed by atoms with Crippen LogP contribution in [0.4, 0.5) is 0 Å². The van der Waals surface area contributed by atoms with E-state index in [1.807, 2.05) is 7.05 Å². The average Bonchev–Trinajstić information content (AvgIpc) is 2.67. The molecule has 0 atom stereocenters. The summed E-state index contributed by atoms with van der Waals surface area (Å²) in [7, 11) is 5.36. The second-order valence-electron chi connectivity index (χ2n) is 4.11. The third-order valence-electron chi connectivity index (χ3n) is 2.67. The summed E-state index contributed by atoms with van der Waals surface area (Å²) in [5, 5.41) is 2.99. The zero-order valence-corrected chi connectivity index (χ0v) is 10.8. The van der Waals surface area contributed by atoms with Crippen LogP contribution >= 0.6 is 0 Å². The van der Waals surface area contributed by atoms with Gasteiger partial charge in [0.25, 0.3) is 5.91 Å². The number of hydrogen-bond donors (Lipinski definition) is 1. The predicted molar refractivity (Wildman–Crippen MR) is 66.3 cm³/mol. The standard InChI is InChI=1S/C12H19N3O2/c1-9(16)10-7-11(15(4)8-10)12(17)14(3)6-5-13-2/h7-8,13H,5-6H2,1-4H3. The van der Waals surface area contributed by atoms with Crippen molar-refractivity contribution in [2.45, 2.75) is 6.92 Å². The first kappa shape index (κ1) is 13.4. The Hall–Kier alpha value is -1.62. The molecule has 0 spiro atoms. The maximum atomic E-state index is 12.1. The van der Waals surface area contributed by atoms with E-state index in [9.17, 15) is 9.59 Å². The smallest absolute Gasteiger partial charge is 0.270 e. The number of nitrogens with zero attached hydrogens (tertiary/aromatic N) is 2. The van der Waals surface area contributed by atoms with Crippen LogP contribution in [-0.2, 0) is 7.05 Å². The lowest BCUT2D eigenvalue weighted by Crippen LogP contribution is -2.33. The van der Waals surface area contributed by atoms with Gasteiger partial charge in [0.15, 0.2) is 5.78 Å². The molecular weight excluding hydrogens is 218 g/mol. The highest BCUT2D eigenvalue weighted by atomic mass is 16.2. The molecule has 0 unspecified atom stereocenters. The van der Waals surface area contributed by atoms with E-state index in [0.29, 0.717) is 17.8 Å². The van der Waals surface area contributed by atoms with Gasteiger partial charge in [-0.25, -0.2) is 0 Å². The minimum atomic E-state index is -0.0738. The van der Waals surface area contributed by atoms with Gasteiger partial charge in [-0.05, 0) is 20.0 Å². The maximum absolute atomic E-state index is 12.1. The van der Waals surface area contributed by atoms with Gasteiger partial charge >= 0.3 is 0 Å². The molecule has 1 heterocycles. The summed E-state index contributed by atoms with van der Waals surface area (Å²) >= 11 is 0. The highest BCUT2D eigenvalue weighted by Crippen LogP contribution is 2.10. The molecule has 1 rings (SSSR count). The fourth-order valence-corrected chi connectivity index (χ4v) is 1.55. The van der Waals surface area contributed by atoms with Crippen LogP contribution in [0.15, 0.2) is 12.3 Å². The van der Waals surface area contributed by atoms with Crippen molar-refractivity contribution in [1.29, 1.82) is 0 Å². The minimum absolute atomic E-state index is 0.0301. The van der Waals surface area contributed by atoms with E-state index in [1.54, 1.807) is 35.8 Å². The zero-order chi connectivity index (χ0) is 13.0. The number of likely N-dealkylation sites (N-methyl/N-ethyl adjacent to an activating group) is 2. The summed E-state index contributed by atoms with van der Waals surface area (Å²) in [5.41, 5.74) is 1.10. The predicted octanol–water partition coefficient (Wildman–Crippen LogP) is 0.519. The number of hydrogen-bond acceptors (Lipinski definition) is 3. The number of Topliss-reactive ketones (excluding diaryl/α,β-unsaturated/α-hetero) is 1. The molecule has 0 aromatic carbocycles. The number of ketones is 1. The minimum Gasteiger partial charge on any atom is -0.346 e. The molecule has 0 aliphatic rings. The summed E-state index contributed by atoms with van der Waals surface area (Å²) in [6, 6.07) is 1.64. The topological polar surface area (TPSA) is 54.3 Å². The summed E-state index contributed by atoms with van der Waals surface area (Å²) in [5.74, 6) is -0.104. The molecule has 17 heavy (non-hydrogen) atoms. The molecule has 94 valence electrons. The second kappa shape index (κ2) is 5.63. The SMILES string of the molecule is CNCCN(C)C(=O)c1cc(C(C)=O)cn1C. The molecule has 0 aliphatic heterocycles. The molecule has 5 heteroatoms. The Morgan fingerprint density at radius 1 is 1.47 bits per heavy atom. The Kier molecular flexibility index (Phi) is 4.45.